The molecule has 0 spiro atoms. The quantitative estimate of drug-likeness (QED) is 0.668. The van der Waals surface area contributed by atoms with Crippen molar-refractivity contribution < 1.29 is 0 Å². The minimum Gasteiger partial charge on any atom is -0.381 e. The van der Waals surface area contributed by atoms with Gasteiger partial charge >= 0.3 is 0 Å². The van der Waals surface area contributed by atoms with Gasteiger partial charge in [0, 0.05) is 12.0 Å². The number of hydrogen-bond acceptors (Lipinski definition) is 1. The van der Waals surface area contributed by atoms with Gasteiger partial charge in [0.2, 0.25) is 0 Å². The molecule has 0 saturated heterocycles. The van der Waals surface area contributed by atoms with Crippen molar-refractivity contribution >= 4 is 17.3 Å². The summed E-state index contributed by atoms with van der Waals surface area (Å²) in [6.07, 6.45) is 0. The van der Waals surface area contributed by atoms with Crippen LogP contribution in [-0.2, 0) is 0 Å². The van der Waals surface area contributed by atoms with Crippen LogP contribution in [0.5, 0.6) is 0 Å². The summed E-state index contributed by atoms with van der Waals surface area (Å²) < 4.78 is 0. The van der Waals surface area contributed by atoms with Gasteiger partial charge in [-0.15, -0.1) is 0 Å². The molecule has 2 unspecified atom stereocenters. The summed E-state index contributed by atoms with van der Waals surface area (Å²) in [5, 5.41) is 4.26. The third kappa shape index (κ3) is 1.31. The zero-order valence-corrected chi connectivity index (χ0v) is 8.94. The van der Waals surface area contributed by atoms with Crippen LogP contribution in [0, 0.1) is 6.92 Å². The van der Waals surface area contributed by atoms with Crippen molar-refractivity contribution in [1.82, 2.24) is 0 Å². The van der Waals surface area contributed by atoms with E-state index < -0.39 is 0 Å². The van der Waals surface area contributed by atoms with Gasteiger partial charge in [-0.3, -0.25) is 0 Å². The van der Waals surface area contributed by atoms with E-state index in [2.05, 4.69) is 32.2 Å². The molecule has 0 aliphatic carbocycles. The van der Waals surface area contributed by atoms with Gasteiger partial charge in [0.15, 0.2) is 0 Å². The molecule has 0 saturated carbocycles. The van der Waals surface area contributed by atoms with Gasteiger partial charge < -0.3 is 5.32 Å². The van der Waals surface area contributed by atoms with E-state index in [1.165, 1.54) is 11.1 Å². The Labute approximate surface area is 84.1 Å². The summed E-state index contributed by atoms with van der Waals surface area (Å²) in [4.78, 5) is 0. The smallest absolute Gasteiger partial charge is 0.0643 e. The first-order valence-electron chi connectivity index (χ1n) is 4.66. The number of hydrogen-bond donors (Lipinski definition) is 1. The lowest BCUT2D eigenvalue weighted by Gasteiger charge is -2.08. The van der Waals surface area contributed by atoms with E-state index in [0.717, 1.165) is 10.7 Å². The standard InChI is InChI=1S/C11H14ClN/c1-6-4-9-7(2)8(3)13-11(9)10(12)5-6/h4-5,7-8,13H,1-3H3. The normalized spacial score (nSPS) is 25.5. The molecular weight excluding hydrogens is 182 g/mol. The molecule has 1 aromatic carbocycles. The van der Waals surface area contributed by atoms with Crippen molar-refractivity contribution in [3.63, 3.8) is 0 Å². The molecule has 1 nitrogen and oxygen atoms in total. The molecule has 0 amide bonds. The molecule has 13 heavy (non-hydrogen) atoms. The van der Waals surface area contributed by atoms with Crippen LogP contribution >= 0.6 is 11.6 Å². The van der Waals surface area contributed by atoms with Gasteiger partial charge in [-0.1, -0.05) is 24.6 Å². The number of rotatable bonds is 0. The highest BCUT2D eigenvalue weighted by atomic mass is 35.5. The van der Waals surface area contributed by atoms with Crippen LogP contribution in [0.2, 0.25) is 5.02 Å². The molecule has 2 atom stereocenters. The topological polar surface area (TPSA) is 12.0 Å². The molecule has 1 aliphatic rings. The number of benzene rings is 1. The maximum atomic E-state index is 6.14. The molecular formula is C11H14ClN. The average Bonchev–Trinajstić information content (AvgIpc) is 2.32. The van der Waals surface area contributed by atoms with Crippen molar-refractivity contribution in [1.29, 1.82) is 0 Å². The Morgan fingerprint density at radius 3 is 2.69 bits per heavy atom. The predicted molar refractivity (Wildman–Crippen MR) is 57.7 cm³/mol. The second-order valence-electron chi connectivity index (χ2n) is 3.93. The molecule has 1 aromatic rings. The molecule has 0 aromatic heterocycles. The van der Waals surface area contributed by atoms with E-state index in [9.17, 15) is 0 Å². The molecule has 1 aliphatic heterocycles. The zero-order chi connectivity index (χ0) is 9.59. The van der Waals surface area contributed by atoms with E-state index >= 15 is 0 Å². The largest absolute Gasteiger partial charge is 0.381 e. The second kappa shape index (κ2) is 2.91. The van der Waals surface area contributed by atoms with Gasteiger partial charge in [-0.05, 0) is 31.0 Å². The van der Waals surface area contributed by atoms with Crippen LogP contribution in [-0.4, -0.2) is 6.04 Å². The number of nitrogens with one attached hydrogen (secondary N) is 1. The van der Waals surface area contributed by atoms with E-state index in [0.29, 0.717) is 12.0 Å². The highest BCUT2D eigenvalue weighted by Gasteiger charge is 2.26. The molecule has 2 rings (SSSR count). The van der Waals surface area contributed by atoms with Gasteiger partial charge in [0.1, 0.15) is 0 Å². The van der Waals surface area contributed by atoms with Crippen molar-refractivity contribution in [3.8, 4) is 0 Å². The van der Waals surface area contributed by atoms with Gasteiger partial charge in [-0.2, -0.15) is 0 Å². The SMILES string of the molecule is Cc1cc(Cl)c2c(c1)C(C)C(C)N2. The zero-order valence-electron chi connectivity index (χ0n) is 8.19. The highest BCUT2D eigenvalue weighted by Crippen LogP contribution is 2.40. The number of aryl methyl sites for hydroxylation is 1. The summed E-state index contributed by atoms with van der Waals surface area (Å²) in [5.74, 6) is 0.562. The maximum Gasteiger partial charge on any atom is 0.0643 e. The van der Waals surface area contributed by atoms with Crippen molar-refractivity contribution in [2.24, 2.45) is 0 Å². The van der Waals surface area contributed by atoms with Crippen molar-refractivity contribution in [2.45, 2.75) is 32.7 Å². The predicted octanol–water partition coefficient (Wildman–Crippen LogP) is 3.57. The number of anilines is 1. The Balaban J connectivity index is 2.57. The molecule has 0 radical (unpaired) electrons. The first-order valence-corrected chi connectivity index (χ1v) is 5.04. The van der Waals surface area contributed by atoms with Gasteiger partial charge in [-0.25, -0.2) is 0 Å². The number of fused-ring (bicyclic) bond motifs is 1. The Morgan fingerprint density at radius 2 is 2.00 bits per heavy atom. The third-order valence-electron chi connectivity index (χ3n) is 2.88. The summed E-state index contributed by atoms with van der Waals surface area (Å²) in [6, 6.07) is 4.73. The summed E-state index contributed by atoms with van der Waals surface area (Å²) >= 11 is 6.14. The van der Waals surface area contributed by atoms with Crippen LogP contribution < -0.4 is 5.32 Å². The van der Waals surface area contributed by atoms with E-state index in [1.807, 2.05) is 6.07 Å². The first kappa shape index (κ1) is 8.89. The molecule has 0 bridgehead atoms. The molecule has 70 valence electrons. The minimum atomic E-state index is 0.495. The molecule has 0 fully saturated rings. The molecule has 1 N–H and O–H groups in total. The lowest BCUT2D eigenvalue weighted by molar-refractivity contribution is 0.690. The van der Waals surface area contributed by atoms with Crippen LogP contribution in [0.25, 0.3) is 0 Å². The lowest BCUT2D eigenvalue weighted by atomic mass is 9.97. The van der Waals surface area contributed by atoms with Crippen LogP contribution in [0.1, 0.15) is 30.9 Å². The van der Waals surface area contributed by atoms with Gasteiger partial charge in [0.25, 0.3) is 0 Å². The summed E-state index contributed by atoms with van der Waals surface area (Å²) in [6.45, 7) is 6.51. The van der Waals surface area contributed by atoms with E-state index in [1.54, 1.807) is 0 Å². The second-order valence-corrected chi connectivity index (χ2v) is 4.34. The number of halogens is 1. The van der Waals surface area contributed by atoms with E-state index in [4.69, 9.17) is 11.6 Å². The molecule has 2 heteroatoms. The van der Waals surface area contributed by atoms with Crippen LogP contribution in [0.15, 0.2) is 12.1 Å². The average molecular weight is 196 g/mol. The van der Waals surface area contributed by atoms with Crippen LogP contribution in [0.4, 0.5) is 5.69 Å². The Kier molecular flexibility index (Phi) is 1.99. The monoisotopic (exact) mass is 195 g/mol. The maximum absolute atomic E-state index is 6.14. The lowest BCUT2D eigenvalue weighted by Crippen LogP contribution is -2.12. The third-order valence-corrected chi connectivity index (χ3v) is 3.18. The highest BCUT2D eigenvalue weighted by molar-refractivity contribution is 6.33. The van der Waals surface area contributed by atoms with Crippen LogP contribution in [0.3, 0.4) is 0 Å². The minimum absolute atomic E-state index is 0.495. The van der Waals surface area contributed by atoms with E-state index in [-0.39, 0.29) is 0 Å². The fraction of sp³-hybridized carbons (Fsp3) is 0.455. The van der Waals surface area contributed by atoms with Crippen molar-refractivity contribution in [2.75, 3.05) is 5.32 Å². The fourth-order valence-electron chi connectivity index (χ4n) is 1.90. The van der Waals surface area contributed by atoms with Crippen molar-refractivity contribution in [3.05, 3.63) is 28.3 Å². The van der Waals surface area contributed by atoms with Gasteiger partial charge in [0.05, 0.1) is 10.7 Å². The molecule has 1 heterocycles. The first-order chi connectivity index (χ1) is 6.09. The Bertz CT molecular complexity index is 346. The Morgan fingerprint density at radius 1 is 1.31 bits per heavy atom. The summed E-state index contributed by atoms with van der Waals surface area (Å²) in [5.41, 5.74) is 3.73. The fourth-order valence-corrected chi connectivity index (χ4v) is 2.24. The summed E-state index contributed by atoms with van der Waals surface area (Å²) in [7, 11) is 0. The Hall–Kier alpha value is -0.690.